The summed E-state index contributed by atoms with van der Waals surface area (Å²) in [6.45, 7) is 7.31. The van der Waals surface area contributed by atoms with Crippen LogP contribution in [0, 0.1) is 17.9 Å². The van der Waals surface area contributed by atoms with E-state index in [1.165, 1.54) is 0 Å². The number of rotatable bonds is 4. The maximum Gasteiger partial charge on any atom is 0.270 e. The van der Waals surface area contributed by atoms with Crippen LogP contribution in [-0.4, -0.2) is 5.11 Å². The van der Waals surface area contributed by atoms with Gasteiger partial charge in [0.25, 0.3) is 5.70 Å². The predicted octanol–water partition coefficient (Wildman–Crippen LogP) is 5.05. The van der Waals surface area contributed by atoms with Gasteiger partial charge in [-0.2, -0.15) is 0 Å². The number of hydrogen-bond donors (Lipinski definition) is 1. The lowest BCUT2D eigenvalue weighted by Crippen LogP contribution is -1.93. The Kier molecular flexibility index (Phi) is 5.25. The Hall–Kier alpha value is -3.66. The van der Waals surface area contributed by atoms with E-state index in [2.05, 4.69) is 4.85 Å². The van der Waals surface area contributed by atoms with E-state index in [0.717, 1.165) is 27.8 Å². The third kappa shape index (κ3) is 3.54. The van der Waals surface area contributed by atoms with Crippen molar-refractivity contribution in [2.45, 2.75) is 6.61 Å². The largest absolute Gasteiger partial charge is 0.392 e. The SMILES string of the molecule is [C-]#[N+]C(C#N)=C(c1ccc(CO)cc1)c1ccc(-c2ccccc2)cc1. The molecule has 0 aliphatic rings. The molecule has 0 amide bonds. The molecule has 0 heterocycles. The van der Waals surface area contributed by atoms with Crippen LogP contribution in [0.1, 0.15) is 16.7 Å². The van der Waals surface area contributed by atoms with E-state index in [9.17, 15) is 10.4 Å². The molecule has 3 rings (SSSR count). The van der Waals surface area contributed by atoms with Crippen molar-refractivity contribution in [1.29, 1.82) is 5.26 Å². The Morgan fingerprint density at radius 2 is 1.38 bits per heavy atom. The van der Waals surface area contributed by atoms with Crippen LogP contribution in [0.25, 0.3) is 21.5 Å². The number of aliphatic hydroxyl groups excluding tert-OH is 1. The summed E-state index contributed by atoms with van der Waals surface area (Å²) in [7, 11) is 0. The summed E-state index contributed by atoms with van der Waals surface area (Å²) in [6.07, 6.45) is 0. The Bertz CT molecular complexity index is 987. The van der Waals surface area contributed by atoms with Gasteiger partial charge < -0.3 is 5.11 Å². The average Bonchev–Trinajstić information content (AvgIpc) is 2.73. The fourth-order valence-electron chi connectivity index (χ4n) is 2.81. The number of allylic oxidation sites excluding steroid dienone is 1. The minimum absolute atomic E-state index is 0.0426. The molecular formula is C23H16N2O. The van der Waals surface area contributed by atoms with Crippen molar-refractivity contribution in [2.75, 3.05) is 0 Å². The topological polar surface area (TPSA) is 48.4 Å². The van der Waals surface area contributed by atoms with Crippen LogP contribution < -0.4 is 0 Å². The summed E-state index contributed by atoms with van der Waals surface area (Å²) in [5.41, 5.74) is 5.22. The summed E-state index contributed by atoms with van der Waals surface area (Å²) < 4.78 is 0. The van der Waals surface area contributed by atoms with E-state index in [-0.39, 0.29) is 12.3 Å². The predicted molar refractivity (Wildman–Crippen MR) is 102 cm³/mol. The van der Waals surface area contributed by atoms with Crippen molar-refractivity contribution >= 4 is 5.57 Å². The van der Waals surface area contributed by atoms with E-state index < -0.39 is 0 Å². The van der Waals surface area contributed by atoms with Crippen LogP contribution in [0.2, 0.25) is 0 Å². The molecule has 0 saturated carbocycles. The first-order valence-electron chi connectivity index (χ1n) is 8.14. The standard InChI is InChI=1S/C23H16N2O/c1-25-22(15-24)23(20-9-7-17(16-26)8-10-20)21-13-11-19(12-14-21)18-5-3-2-4-6-18/h2-14,26H,16H2. The van der Waals surface area contributed by atoms with Gasteiger partial charge in [-0.05, 0) is 27.8 Å². The van der Waals surface area contributed by atoms with Crippen molar-refractivity contribution in [3.63, 3.8) is 0 Å². The zero-order valence-corrected chi connectivity index (χ0v) is 14.1. The van der Waals surface area contributed by atoms with Crippen molar-refractivity contribution in [3.8, 4) is 17.2 Å². The lowest BCUT2D eigenvalue weighted by molar-refractivity contribution is 0.282. The first-order valence-corrected chi connectivity index (χ1v) is 8.14. The van der Waals surface area contributed by atoms with Crippen molar-refractivity contribution in [2.24, 2.45) is 0 Å². The van der Waals surface area contributed by atoms with E-state index in [4.69, 9.17) is 6.57 Å². The Labute approximate surface area is 152 Å². The third-order valence-electron chi connectivity index (χ3n) is 4.16. The van der Waals surface area contributed by atoms with E-state index in [1.807, 2.05) is 72.8 Å². The molecule has 1 N–H and O–H groups in total. The normalized spacial score (nSPS) is 11.2. The van der Waals surface area contributed by atoms with Gasteiger partial charge in [0.1, 0.15) is 0 Å². The number of nitriles is 1. The minimum atomic E-state index is -0.0426. The Balaban J connectivity index is 2.07. The van der Waals surface area contributed by atoms with Gasteiger partial charge in [0.05, 0.1) is 19.2 Å². The second-order valence-electron chi connectivity index (χ2n) is 5.75. The number of benzene rings is 3. The molecule has 0 aliphatic carbocycles. The fourth-order valence-corrected chi connectivity index (χ4v) is 2.81. The van der Waals surface area contributed by atoms with Crippen LogP contribution in [0.5, 0.6) is 0 Å². The van der Waals surface area contributed by atoms with Gasteiger partial charge in [0.15, 0.2) is 0 Å². The van der Waals surface area contributed by atoms with Crippen LogP contribution in [0.4, 0.5) is 0 Å². The molecule has 3 aromatic rings. The number of aliphatic hydroxyl groups is 1. The summed E-state index contributed by atoms with van der Waals surface area (Å²) in [5.74, 6) is 0. The van der Waals surface area contributed by atoms with Crippen LogP contribution in [0.3, 0.4) is 0 Å². The molecule has 0 saturated heterocycles. The Morgan fingerprint density at radius 3 is 1.88 bits per heavy atom. The van der Waals surface area contributed by atoms with E-state index >= 15 is 0 Å². The van der Waals surface area contributed by atoms with Gasteiger partial charge in [-0.1, -0.05) is 78.9 Å². The molecule has 3 heteroatoms. The fraction of sp³-hybridized carbons (Fsp3) is 0.0435. The molecule has 124 valence electrons. The lowest BCUT2D eigenvalue weighted by atomic mass is 9.93. The van der Waals surface area contributed by atoms with Crippen molar-refractivity contribution in [3.05, 3.63) is 113 Å². The molecular weight excluding hydrogens is 320 g/mol. The zero-order chi connectivity index (χ0) is 18.4. The highest BCUT2D eigenvalue weighted by Crippen LogP contribution is 2.30. The molecule has 0 aliphatic heterocycles. The van der Waals surface area contributed by atoms with Gasteiger partial charge in [-0.15, -0.1) is 0 Å². The summed E-state index contributed by atoms with van der Waals surface area (Å²) >= 11 is 0. The molecule has 0 bridgehead atoms. The lowest BCUT2D eigenvalue weighted by Gasteiger charge is -2.11. The van der Waals surface area contributed by atoms with Gasteiger partial charge >= 0.3 is 0 Å². The Morgan fingerprint density at radius 1 is 0.846 bits per heavy atom. The van der Waals surface area contributed by atoms with Crippen molar-refractivity contribution in [1.82, 2.24) is 0 Å². The molecule has 26 heavy (non-hydrogen) atoms. The first-order chi connectivity index (χ1) is 12.8. The smallest absolute Gasteiger partial charge is 0.270 e. The maximum absolute atomic E-state index is 9.39. The van der Waals surface area contributed by atoms with Crippen molar-refractivity contribution < 1.29 is 5.11 Å². The monoisotopic (exact) mass is 336 g/mol. The minimum Gasteiger partial charge on any atom is -0.392 e. The van der Waals surface area contributed by atoms with Gasteiger partial charge in [0, 0.05) is 5.57 Å². The average molecular weight is 336 g/mol. The highest BCUT2D eigenvalue weighted by molar-refractivity contribution is 5.86. The molecule has 0 atom stereocenters. The molecule has 0 radical (unpaired) electrons. The van der Waals surface area contributed by atoms with Crippen LogP contribution in [-0.2, 0) is 6.61 Å². The molecule has 0 spiro atoms. The molecule has 0 fully saturated rings. The highest BCUT2D eigenvalue weighted by Gasteiger charge is 2.12. The number of hydrogen-bond acceptors (Lipinski definition) is 2. The zero-order valence-electron chi connectivity index (χ0n) is 14.1. The van der Waals surface area contributed by atoms with E-state index in [0.29, 0.717) is 5.57 Å². The second kappa shape index (κ2) is 7.94. The first kappa shape index (κ1) is 17.2. The van der Waals surface area contributed by atoms with Gasteiger partial charge in [-0.3, -0.25) is 0 Å². The summed E-state index contributed by atoms with van der Waals surface area (Å²) in [5, 5.41) is 18.6. The summed E-state index contributed by atoms with van der Waals surface area (Å²) in [6, 6.07) is 27.1. The quantitative estimate of drug-likeness (QED) is 0.535. The second-order valence-corrected chi connectivity index (χ2v) is 5.75. The molecule has 3 aromatic carbocycles. The molecule has 0 aromatic heterocycles. The summed E-state index contributed by atoms with van der Waals surface area (Å²) in [4.78, 5) is 3.40. The molecule has 3 nitrogen and oxygen atoms in total. The number of nitrogens with zero attached hydrogens (tertiary/aromatic N) is 2. The van der Waals surface area contributed by atoms with Crippen LogP contribution in [0.15, 0.2) is 84.6 Å². The third-order valence-corrected chi connectivity index (χ3v) is 4.16. The molecule has 0 unspecified atom stereocenters. The highest BCUT2D eigenvalue weighted by atomic mass is 16.3. The maximum atomic E-state index is 9.39. The van der Waals surface area contributed by atoms with E-state index in [1.54, 1.807) is 12.1 Å². The van der Waals surface area contributed by atoms with Gasteiger partial charge in [-0.25, -0.2) is 10.1 Å². The van der Waals surface area contributed by atoms with Crippen LogP contribution >= 0.6 is 0 Å². The van der Waals surface area contributed by atoms with Gasteiger partial charge in [0.2, 0.25) is 0 Å².